The SMILES string of the molecule is c1ccc(-c2cccc3c2OCC(C2=NCCN2)O3)cc1. The lowest BCUT2D eigenvalue weighted by Gasteiger charge is -2.28. The summed E-state index contributed by atoms with van der Waals surface area (Å²) in [5.41, 5.74) is 2.20. The van der Waals surface area contributed by atoms with E-state index in [9.17, 15) is 0 Å². The third-order valence-corrected chi connectivity index (χ3v) is 3.72. The quantitative estimate of drug-likeness (QED) is 0.919. The van der Waals surface area contributed by atoms with Crippen molar-refractivity contribution in [3.8, 4) is 22.6 Å². The first-order valence-corrected chi connectivity index (χ1v) is 7.18. The molecule has 2 aliphatic heterocycles. The van der Waals surface area contributed by atoms with Gasteiger partial charge < -0.3 is 14.8 Å². The number of rotatable bonds is 2. The summed E-state index contributed by atoms with van der Waals surface area (Å²) in [7, 11) is 0. The van der Waals surface area contributed by atoms with Gasteiger partial charge in [-0.3, -0.25) is 4.99 Å². The average molecular weight is 280 g/mol. The molecule has 4 heteroatoms. The summed E-state index contributed by atoms with van der Waals surface area (Å²) < 4.78 is 12.0. The minimum Gasteiger partial charge on any atom is -0.485 e. The van der Waals surface area contributed by atoms with Crippen molar-refractivity contribution < 1.29 is 9.47 Å². The Bertz CT molecular complexity index is 682. The summed E-state index contributed by atoms with van der Waals surface area (Å²) in [5.74, 6) is 2.49. The molecule has 2 aliphatic rings. The number of nitrogens with one attached hydrogen (secondary N) is 1. The van der Waals surface area contributed by atoms with Crippen LogP contribution in [-0.2, 0) is 0 Å². The Labute approximate surface area is 123 Å². The molecular formula is C17H16N2O2. The molecule has 0 radical (unpaired) electrons. The number of hydrogen-bond acceptors (Lipinski definition) is 4. The molecule has 1 N–H and O–H groups in total. The third-order valence-electron chi connectivity index (χ3n) is 3.72. The van der Waals surface area contributed by atoms with Crippen LogP contribution >= 0.6 is 0 Å². The Morgan fingerprint density at radius 1 is 1.05 bits per heavy atom. The average Bonchev–Trinajstić information content (AvgIpc) is 3.09. The summed E-state index contributed by atoms with van der Waals surface area (Å²) in [4.78, 5) is 4.41. The van der Waals surface area contributed by atoms with Crippen LogP contribution in [0, 0.1) is 0 Å². The number of benzene rings is 2. The molecule has 1 atom stereocenters. The predicted molar refractivity (Wildman–Crippen MR) is 82.1 cm³/mol. The van der Waals surface area contributed by atoms with Crippen molar-refractivity contribution in [2.24, 2.45) is 4.99 Å². The van der Waals surface area contributed by atoms with Crippen LogP contribution in [0.4, 0.5) is 0 Å². The zero-order valence-electron chi connectivity index (χ0n) is 11.6. The van der Waals surface area contributed by atoms with E-state index in [-0.39, 0.29) is 6.10 Å². The second kappa shape index (κ2) is 5.13. The minimum atomic E-state index is -0.133. The number of nitrogens with zero attached hydrogens (tertiary/aromatic N) is 1. The van der Waals surface area contributed by atoms with E-state index in [1.165, 1.54) is 0 Å². The first-order valence-electron chi connectivity index (χ1n) is 7.18. The van der Waals surface area contributed by atoms with Gasteiger partial charge in [-0.25, -0.2) is 0 Å². The van der Waals surface area contributed by atoms with E-state index in [0.717, 1.165) is 41.6 Å². The van der Waals surface area contributed by atoms with Gasteiger partial charge in [-0.15, -0.1) is 0 Å². The maximum absolute atomic E-state index is 6.06. The molecule has 21 heavy (non-hydrogen) atoms. The van der Waals surface area contributed by atoms with Gasteiger partial charge in [-0.2, -0.15) is 0 Å². The maximum Gasteiger partial charge on any atom is 0.189 e. The number of aliphatic imine (C=N–C) groups is 1. The lowest BCUT2D eigenvalue weighted by atomic mass is 10.0. The van der Waals surface area contributed by atoms with Gasteiger partial charge in [-0.1, -0.05) is 42.5 Å². The summed E-state index contributed by atoms with van der Waals surface area (Å²) in [6.45, 7) is 2.18. The second-order valence-corrected chi connectivity index (χ2v) is 5.11. The van der Waals surface area contributed by atoms with Crippen LogP contribution in [0.5, 0.6) is 11.5 Å². The molecule has 0 saturated heterocycles. The molecule has 2 heterocycles. The van der Waals surface area contributed by atoms with Gasteiger partial charge in [0.05, 0.1) is 6.54 Å². The Hall–Kier alpha value is -2.49. The summed E-state index contributed by atoms with van der Waals surface area (Å²) in [6, 6.07) is 16.2. The molecule has 0 saturated carbocycles. The Morgan fingerprint density at radius 2 is 1.95 bits per heavy atom. The lowest BCUT2D eigenvalue weighted by Crippen LogP contribution is -2.42. The molecular weight excluding hydrogens is 264 g/mol. The van der Waals surface area contributed by atoms with Gasteiger partial charge in [-0.05, 0) is 11.6 Å². The Morgan fingerprint density at radius 3 is 2.76 bits per heavy atom. The van der Waals surface area contributed by atoms with Crippen molar-refractivity contribution in [2.45, 2.75) is 6.10 Å². The third kappa shape index (κ3) is 2.23. The molecule has 0 spiro atoms. The van der Waals surface area contributed by atoms with Crippen LogP contribution in [0.15, 0.2) is 53.5 Å². The van der Waals surface area contributed by atoms with Crippen LogP contribution in [-0.4, -0.2) is 31.6 Å². The molecule has 1 unspecified atom stereocenters. The van der Waals surface area contributed by atoms with Crippen molar-refractivity contribution in [1.29, 1.82) is 0 Å². The highest BCUT2D eigenvalue weighted by Gasteiger charge is 2.28. The van der Waals surface area contributed by atoms with Crippen LogP contribution in [0.3, 0.4) is 0 Å². The molecule has 4 rings (SSSR count). The van der Waals surface area contributed by atoms with E-state index in [0.29, 0.717) is 6.61 Å². The molecule has 0 bridgehead atoms. The Balaban J connectivity index is 1.68. The standard InChI is InChI=1S/C17H16N2O2/c1-2-5-12(6-3-1)13-7-4-8-14-16(13)20-11-15(21-14)17-18-9-10-19-17/h1-8,15H,9-11H2,(H,18,19). The highest BCUT2D eigenvalue weighted by Crippen LogP contribution is 2.40. The van der Waals surface area contributed by atoms with Crippen LogP contribution in [0.2, 0.25) is 0 Å². The van der Waals surface area contributed by atoms with Crippen molar-refractivity contribution in [3.63, 3.8) is 0 Å². The van der Waals surface area contributed by atoms with E-state index >= 15 is 0 Å². The van der Waals surface area contributed by atoms with Gasteiger partial charge in [0, 0.05) is 12.1 Å². The molecule has 4 nitrogen and oxygen atoms in total. The highest BCUT2D eigenvalue weighted by atomic mass is 16.6. The van der Waals surface area contributed by atoms with Crippen molar-refractivity contribution >= 4 is 5.84 Å². The van der Waals surface area contributed by atoms with Crippen molar-refractivity contribution in [2.75, 3.05) is 19.7 Å². The first kappa shape index (κ1) is 12.3. The summed E-state index contributed by atoms with van der Waals surface area (Å²) >= 11 is 0. The first-order chi connectivity index (χ1) is 10.4. The number of ether oxygens (including phenoxy) is 2. The molecule has 0 fully saturated rings. The van der Waals surface area contributed by atoms with E-state index < -0.39 is 0 Å². The lowest BCUT2D eigenvalue weighted by molar-refractivity contribution is 0.134. The molecule has 106 valence electrons. The van der Waals surface area contributed by atoms with Crippen molar-refractivity contribution in [1.82, 2.24) is 5.32 Å². The van der Waals surface area contributed by atoms with E-state index in [1.54, 1.807) is 0 Å². The Kier molecular flexibility index (Phi) is 2.99. The number of para-hydroxylation sites is 1. The van der Waals surface area contributed by atoms with E-state index in [4.69, 9.17) is 9.47 Å². The monoisotopic (exact) mass is 280 g/mol. The number of fused-ring (bicyclic) bond motifs is 1. The zero-order valence-corrected chi connectivity index (χ0v) is 11.6. The van der Waals surface area contributed by atoms with Gasteiger partial charge in [0.1, 0.15) is 12.4 Å². The fourth-order valence-corrected chi connectivity index (χ4v) is 2.72. The van der Waals surface area contributed by atoms with Gasteiger partial charge in [0.2, 0.25) is 0 Å². The summed E-state index contributed by atoms with van der Waals surface area (Å²) in [6.07, 6.45) is -0.133. The van der Waals surface area contributed by atoms with Gasteiger partial charge >= 0.3 is 0 Å². The number of hydrogen-bond donors (Lipinski definition) is 1. The molecule has 0 aliphatic carbocycles. The zero-order chi connectivity index (χ0) is 14.1. The maximum atomic E-state index is 6.06. The minimum absolute atomic E-state index is 0.133. The normalized spacial score (nSPS) is 19.8. The van der Waals surface area contributed by atoms with Crippen LogP contribution in [0.25, 0.3) is 11.1 Å². The molecule has 2 aromatic carbocycles. The number of amidine groups is 1. The fourth-order valence-electron chi connectivity index (χ4n) is 2.72. The highest BCUT2D eigenvalue weighted by molar-refractivity contribution is 5.89. The fraction of sp³-hybridized carbons (Fsp3) is 0.235. The van der Waals surface area contributed by atoms with Gasteiger partial charge in [0.15, 0.2) is 17.6 Å². The van der Waals surface area contributed by atoms with Crippen molar-refractivity contribution in [3.05, 3.63) is 48.5 Å². The summed E-state index contributed by atoms with van der Waals surface area (Å²) in [5, 5.41) is 3.25. The van der Waals surface area contributed by atoms with Crippen LogP contribution < -0.4 is 14.8 Å². The second-order valence-electron chi connectivity index (χ2n) is 5.11. The molecule has 0 amide bonds. The molecule has 2 aromatic rings. The van der Waals surface area contributed by atoms with E-state index in [2.05, 4.69) is 28.5 Å². The van der Waals surface area contributed by atoms with Gasteiger partial charge in [0.25, 0.3) is 0 Å². The van der Waals surface area contributed by atoms with Crippen LogP contribution in [0.1, 0.15) is 0 Å². The molecule has 0 aromatic heterocycles. The topological polar surface area (TPSA) is 42.8 Å². The predicted octanol–water partition coefficient (Wildman–Crippen LogP) is 2.50. The largest absolute Gasteiger partial charge is 0.485 e. The smallest absolute Gasteiger partial charge is 0.189 e. The van der Waals surface area contributed by atoms with E-state index in [1.807, 2.05) is 30.3 Å².